The fourth-order valence-corrected chi connectivity index (χ4v) is 3.81. The molecule has 0 radical (unpaired) electrons. The zero-order valence-corrected chi connectivity index (χ0v) is 11.6. The predicted molar refractivity (Wildman–Crippen MR) is 70.7 cm³/mol. The van der Waals surface area contributed by atoms with Crippen molar-refractivity contribution in [1.29, 1.82) is 0 Å². The Hall–Kier alpha value is -0.980. The molecular weight excluding hydrogens is 270 g/mol. The number of tetrazole rings is 1. The summed E-state index contributed by atoms with van der Waals surface area (Å²) in [7, 11) is 0. The van der Waals surface area contributed by atoms with Gasteiger partial charge in [0.2, 0.25) is 0 Å². The lowest BCUT2D eigenvalue weighted by atomic mass is 9.93. The minimum absolute atomic E-state index is 0.0818. The molecule has 2 N–H and O–H groups in total. The van der Waals surface area contributed by atoms with Gasteiger partial charge in [-0.05, 0) is 37.8 Å². The highest BCUT2D eigenvalue weighted by atomic mass is 35.5. The van der Waals surface area contributed by atoms with E-state index < -0.39 is 0 Å². The Labute approximate surface area is 114 Å². The van der Waals surface area contributed by atoms with E-state index in [9.17, 15) is 0 Å². The van der Waals surface area contributed by atoms with Crippen LogP contribution in [0.2, 0.25) is 4.34 Å². The molecule has 2 unspecified atom stereocenters. The van der Waals surface area contributed by atoms with E-state index in [4.69, 9.17) is 11.6 Å². The fraction of sp³-hybridized carbons (Fsp3) is 0.545. The number of aromatic nitrogens is 4. The highest BCUT2D eigenvalue weighted by Crippen LogP contribution is 2.38. The van der Waals surface area contributed by atoms with Crippen molar-refractivity contribution in [1.82, 2.24) is 25.9 Å². The van der Waals surface area contributed by atoms with Crippen LogP contribution in [-0.4, -0.2) is 20.6 Å². The maximum Gasteiger partial charge on any atom is 0.191 e. The van der Waals surface area contributed by atoms with Crippen LogP contribution in [0.4, 0.5) is 0 Å². The maximum absolute atomic E-state index is 6.10. The Morgan fingerprint density at radius 2 is 2.50 bits per heavy atom. The fourth-order valence-electron chi connectivity index (χ4n) is 2.42. The van der Waals surface area contributed by atoms with Crippen LogP contribution in [0.5, 0.6) is 0 Å². The Morgan fingerprint density at radius 3 is 3.28 bits per heavy atom. The number of H-pyrrole nitrogens is 1. The predicted octanol–water partition coefficient (Wildman–Crippen LogP) is 2.64. The van der Waals surface area contributed by atoms with Crippen molar-refractivity contribution in [2.45, 2.75) is 38.3 Å². The number of hydrogen-bond donors (Lipinski definition) is 2. The Morgan fingerprint density at radius 1 is 1.61 bits per heavy atom. The van der Waals surface area contributed by atoms with Crippen LogP contribution in [0.1, 0.15) is 48.1 Å². The summed E-state index contributed by atoms with van der Waals surface area (Å²) in [5.41, 5.74) is 1.34. The molecule has 0 spiro atoms. The first-order chi connectivity index (χ1) is 8.74. The minimum Gasteiger partial charge on any atom is -0.300 e. The summed E-state index contributed by atoms with van der Waals surface area (Å²) < 4.78 is 0.876. The van der Waals surface area contributed by atoms with Gasteiger partial charge in [0.25, 0.3) is 0 Å². The normalized spacial score (nSPS) is 20.7. The quantitative estimate of drug-likeness (QED) is 0.909. The number of aromatic amines is 1. The molecule has 0 fully saturated rings. The molecule has 2 aromatic rings. The van der Waals surface area contributed by atoms with Crippen LogP contribution in [0, 0.1) is 0 Å². The SMILES string of the molecule is CC(NC1CCCc2sc(Cl)cc21)c1nn[nH]n1. The summed E-state index contributed by atoms with van der Waals surface area (Å²) in [4.78, 5) is 1.41. The summed E-state index contributed by atoms with van der Waals surface area (Å²) >= 11 is 7.80. The van der Waals surface area contributed by atoms with E-state index in [2.05, 4.69) is 32.0 Å². The molecule has 0 bridgehead atoms. The number of nitrogens with zero attached hydrogens (tertiary/aromatic N) is 3. The molecule has 3 rings (SSSR count). The molecule has 0 saturated heterocycles. The number of aryl methyl sites for hydroxylation is 1. The third-order valence-corrected chi connectivity index (χ3v) is 4.62. The van der Waals surface area contributed by atoms with Crippen molar-refractivity contribution >= 4 is 22.9 Å². The summed E-state index contributed by atoms with van der Waals surface area (Å²) in [5, 5.41) is 17.6. The average molecular weight is 284 g/mol. The minimum atomic E-state index is 0.0818. The number of hydrogen-bond acceptors (Lipinski definition) is 5. The first-order valence-electron chi connectivity index (χ1n) is 6.01. The van der Waals surface area contributed by atoms with Crippen LogP contribution >= 0.6 is 22.9 Å². The van der Waals surface area contributed by atoms with Gasteiger partial charge in [-0.3, -0.25) is 0 Å². The largest absolute Gasteiger partial charge is 0.300 e. The van der Waals surface area contributed by atoms with Gasteiger partial charge in [-0.15, -0.1) is 21.5 Å². The lowest BCUT2D eigenvalue weighted by Gasteiger charge is -2.25. The van der Waals surface area contributed by atoms with Gasteiger partial charge in [-0.25, -0.2) is 0 Å². The lowest BCUT2D eigenvalue weighted by Crippen LogP contribution is -2.27. The van der Waals surface area contributed by atoms with Crippen molar-refractivity contribution < 1.29 is 0 Å². The molecule has 0 aliphatic heterocycles. The van der Waals surface area contributed by atoms with Crippen molar-refractivity contribution in [2.75, 3.05) is 0 Å². The zero-order valence-electron chi connectivity index (χ0n) is 9.98. The summed E-state index contributed by atoms with van der Waals surface area (Å²) in [5.74, 6) is 0.698. The molecule has 2 heterocycles. The van der Waals surface area contributed by atoms with Gasteiger partial charge in [0.15, 0.2) is 5.82 Å². The average Bonchev–Trinajstić information content (AvgIpc) is 2.96. The first-order valence-corrected chi connectivity index (χ1v) is 7.21. The van der Waals surface area contributed by atoms with E-state index in [0.29, 0.717) is 11.9 Å². The van der Waals surface area contributed by atoms with E-state index in [1.54, 1.807) is 11.3 Å². The van der Waals surface area contributed by atoms with Crippen molar-refractivity contribution in [2.24, 2.45) is 0 Å². The topological polar surface area (TPSA) is 66.5 Å². The van der Waals surface area contributed by atoms with Crippen molar-refractivity contribution in [3.63, 3.8) is 0 Å². The van der Waals surface area contributed by atoms with Gasteiger partial charge in [0.05, 0.1) is 10.4 Å². The van der Waals surface area contributed by atoms with Gasteiger partial charge >= 0.3 is 0 Å². The zero-order chi connectivity index (χ0) is 12.5. The highest BCUT2D eigenvalue weighted by molar-refractivity contribution is 7.16. The van der Waals surface area contributed by atoms with Gasteiger partial charge in [0.1, 0.15) is 0 Å². The summed E-state index contributed by atoms with van der Waals surface area (Å²) in [6.45, 7) is 2.05. The van der Waals surface area contributed by atoms with E-state index in [0.717, 1.165) is 17.2 Å². The third-order valence-electron chi connectivity index (χ3n) is 3.28. The standard InChI is InChI=1S/C11H14ClN5S/c1-6(11-14-16-17-15-11)13-8-3-2-4-9-7(8)5-10(12)18-9/h5-6,8,13H,2-4H2,1H3,(H,14,15,16,17). The molecule has 1 aliphatic rings. The molecule has 96 valence electrons. The number of thiophene rings is 1. The molecule has 0 amide bonds. The van der Waals surface area contributed by atoms with Crippen LogP contribution in [0.25, 0.3) is 0 Å². The van der Waals surface area contributed by atoms with Crippen LogP contribution in [-0.2, 0) is 6.42 Å². The molecule has 2 aromatic heterocycles. The van der Waals surface area contributed by atoms with Crippen molar-refractivity contribution in [3.05, 3.63) is 26.7 Å². The molecule has 5 nitrogen and oxygen atoms in total. The van der Waals surface area contributed by atoms with Gasteiger partial charge < -0.3 is 5.32 Å². The highest BCUT2D eigenvalue weighted by Gasteiger charge is 2.25. The second kappa shape index (κ2) is 4.95. The molecule has 7 heteroatoms. The van der Waals surface area contributed by atoms with E-state index in [1.165, 1.54) is 16.9 Å². The number of rotatable bonds is 3. The smallest absolute Gasteiger partial charge is 0.191 e. The number of fused-ring (bicyclic) bond motifs is 1. The Bertz CT molecular complexity index is 524. The van der Waals surface area contributed by atoms with Crippen LogP contribution in [0.3, 0.4) is 0 Å². The Balaban J connectivity index is 1.78. The van der Waals surface area contributed by atoms with Crippen LogP contribution < -0.4 is 5.32 Å². The maximum atomic E-state index is 6.10. The van der Waals surface area contributed by atoms with E-state index >= 15 is 0 Å². The van der Waals surface area contributed by atoms with E-state index in [1.807, 2.05) is 6.92 Å². The molecule has 1 aliphatic carbocycles. The summed E-state index contributed by atoms with van der Waals surface area (Å²) in [6.07, 6.45) is 3.46. The lowest BCUT2D eigenvalue weighted by molar-refractivity contribution is 0.408. The number of nitrogens with one attached hydrogen (secondary N) is 2. The van der Waals surface area contributed by atoms with Gasteiger partial charge in [-0.1, -0.05) is 16.8 Å². The molecular formula is C11H14ClN5S. The molecule has 2 atom stereocenters. The number of halogens is 1. The van der Waals surface area contributed by atoms with Gasteiger partial charge in [-0.2, -0.15) is 5.21 Å². The monoisotopic (exact) mass is 283 g/mol. The first kappa shape index (κ1) is 12.1. The summed E-state index contributed by atoms with van der Waals surface area (Å²) in [6, 6.07) is 2.51. The van der Waals surface area contributed by atoms with Crippen molar-refractivity contribution in [3.8, 4) is 0 Å². The second-order valence-corrected chi connectivity index (χ2v) is 6.30. The Kier molecular flexibility index (Phi) is 3.32. The van der Waals surface area contributed by atoms with Gasteiger partial charge in [0, 0.05) is 10.9 Å². The molecule has 0 aromatic carbocycles. The van der Waals surface area contributed by atoms with Crippen LogP contribution in [0.15, 0.2) is 6.07 Å². The third kappa shape index (κ3) is 2.28. The van der Waals surface area contributed by atoms with E-state index in [-0.39, 0.29) is 6.04 Å². The molecule has 18 heavy (non-hydrogen) atoms. The second-order valence-electron chi connectivity index (χ2n) is 4.53. The molecule has 0 saturated carbocycles.